The minimum Gasteiger partial charge on any atom is -0.464 e. The monoisotopic (exact) mass is 226 g/mol. The number of hydrogen-bond acceptors (Lipinski definition) is 3. The van der Waals surface area contributed by atoms with E-state index in [0.29, 0.717) is 0 Å². The summed E-state index contributed by atoms with van der Waals surface area (Å²) in [5.41, 5.74) is 0. The van der Waals surface area contributed by atoms with Crippen molar-refractivity contribution < 1.29 is 9.90 Å². The molecule has 1 aromatic heterocycles. The Kier molecular flexibility index (Phi) is 3.23. The van der Waals surface area contributed by atoms with Crippen molar-refractivity contribution in [1.29, 1.82) is 0 Å². The van der Waals surface area contributed by atoms with E-state index < -0.39 is 6.09 Å². The molecule has 0 radical (unpaired) electrons. The van der Waals surface area contributed by atoms with Gasteiger partial charge in [0.1, 0.15) is 5.00 Å². The first kappa shape index (κ1) is 10.4. The zero-order chi connectivity index (χ0) is 10.7. The van der Waals surface area contributed by atoms with Crippen molar-refractivity contribution in [1.82, 2.24) is 5.01 Å². The van der Waals surface area contributed by atoms with Crippen LogP contribution in [0.15, 0.2) is 17.5 Å². The molecule has 0 bridgehead atoms. The van der Waals surface area contributed by atoms with Crippen LogP contribution in [0, 0.1) is 0 Å². The smallest absolute Gasteiger partial charge is 0.427 e. The minimum absolute atomic E-state index is 0.782. The Morgan fingerprint density at radius 2 is 2.13 bits per heavy atom. The second kappa shape index (κ2) is 4.63. The van der Waals surface area contributed by atoms with Crippen LogP contribution >= 0.6 is 11.3 Å². The molecule has 1 aromatic rings. The highest BCUT2D eigenvalue weighted by atomic mass is 32.1. The largest absolute Gasteiger partial charge is 0.464 e. The molecule has 1 fully saturated rings. The van der Waals surface area contributed by atoms with E-state index in [-0.39, 0.29) is 0 Å². The number of carbonyl (C=O) groups is 1. The van der Waals surface area contributed by atoms with Crippen LogP contribution in [0.3, 0.4) is 0 Å². The van der Waals surface area contributed by atoms with Crippen LogP contribution in [0.5, 0.6) is 0 Å². The third-order valence-corrected chi connectivity index (χ3v) is 3.36. The van der Waals surface area contributed by atoms with Gasteiger partial charge in [0.05, 0.1) is 0 Å². The number of anilines is 1. The lowest BCUT2D eigenvalue weighted by Crippen LogP contribution is -2.48. The van der Waals surface area contributed by atoms with Crippen molar-refractivity contribution in [3.63, 3.8) is 0 Å². The molecule has 82 valence electrons. The fourth-order valence-electron chi connectivity index (χ4n) is 1.82. The van der Waals surface area contributed by atoms with Crippen LogP contribution < -0.4 is 5.01 Å². The van der Waals surface area contributed by atoms with Gasteiger partial charge in [-0.05, 0) is 30.4 Å². The second-order valence-electron chi connectivity index (χ2n) is 3.56. The van der Waals surface area contributed by atoms with E-state index in [1.54, 1.807) is 0 Å². The number of amides is 1. The highest BCUT2D eigenvalue weighted by Gasteiger charge is 2.24. The SMILES string of the molecule is O=C(O)N(c1cccs1)N1CCCCC1. The minimum atomic E-state index is -0.889. The average Bonchev–Trinajstić information content (AvgIpc) is 2.72. The maximum absolute atomic E-state index is 11.2. The molecule has 1 N–H and O–H groups in total. The van der Waals surface area contributed by atoms with Gasteiger partial charge in [-0.2, -0.15) is 5.01 Å². The molecule has 4 nitrogen and oxygen atoms in total. The number of thiophene rings is 1. The van der Waals surface area contributed by atoms with Gasteiger partial charge in [-0.15, -0.1) is 11.3 Å². The molecule has 1 aliphatic heterocycles. The molecule has 5 heteroatoms. The lowest BCUT2D eigenvalue weighted by Gasteiger charge is -2.34. The first-order valence-corrected chi connectivity index (χ1v) is 5.98. The fourth-order valence-corrected chi connectivity index (χ4v) is 2.57. The predicted octanol–water partition coefficient (Wildman–Crippen LogP) is 2.63. The molecule has 0 aliphatic carbocycles. The molecule has 15 heavy (non-hydrogen) atoms. The summed E-state index contributed by atoms with van der Waals surface area (Å²) in [5, 5.41) is 15.2. The van der Waals surface area contributed by atoms with E-state index in [4.69, 9.17) is 0 Å². The van der Waals surface area contributed by atoms with Gasteiger partial charge >= 0.3 is 6.09 Å². The molecule has 0 spiro atoms. The summed E-state index contributed by atoms with van der Waals surface area (Å²) in [6.45, 7) is 1.68. The lowest BCUT2D eigenvalue weighted by molar-refractivity contribution is 0.158. The highest BCUT2D eigenvalue weighted by molar-refractivity contribution is 7.14. The van der Waals surface area contributed by atoms with E-state index in [1.165, 1.54) is 22.8 Å². The summed E-state index contributed by atoms with van der Waals surface area (Å²) in [4.78, 5) is 11.2. The van der Waals surface area contributed by atoms with Crippen molar-refractivity contribution in [3.8, 4) is 0 Å². The summed E-state index contributed by atoms with van der Waals surface area (Å²) in [7, 11) is 0. The predicted molar refractivity (Wildman–Crippen MR) is 60.2 cm³/mol. The van der Waals surface area contributed by atoms with Crippen molar-refractivity contribution in [3.05, 3.63) is 17.5 Å². The quantitative estimate of drug-likeness (QED) is 0.843. The normalized spacial score (nSPS) is 17.6. The lowest BCUT2D eigenvalue weighted by atomic mass is 10.2. The number of hydrogen-bond donors (Lipinski definition) is 1. The Labute approximate surface area is 92.7 Å². The number of piperidine rings is 1. The topological polar surface area (TPSA) is 43.8 Å². The number of rotatable bonds is 2. The fraction of sp³-hybridized carbons (Fsp3) is 0.500. The van der Waals surface area contributed by atoms with Gasteiger partial charge in [-0.25, -0.2) is 9.80 Å². The van der Waals surface area contributed by atoms with E-state index >= 15 is 0 Å². The number of hydrazine groups is 1. The molecule has 0 aromatic carbocycles. The van der Waals surface area contributed by atoms with Crippen molar-refractivity contribution >= 4 is 22.4 Å². The van der Waals surface area contributed by atoms with Gasteiger partial charge in [0.25, 0.3) is 0 Å². The zero-order valence-corrected chi connectivity index (χ0v) is 9.24. The Balaban J connectivity index is 2.15. The van der Waals surface area contributed by atoms with E-state index in [1.807, 2.05) is 22.5 Å². The van der Waals surface area contributed by atoms with Crippen LogP contribution in [0.2, 0.25) is 0 Å². The molecule has 0 saturated carbocycles. The van der Waals surface area contributed by atoms with E-state index in [9.17, 15) is 9.90 Å². The molecule has 0 unspecified atom stereocenters. The Hall–Kier alpha value is -1.07. The summed E-state index contributed by atoms with van der Waals surface area (Å²) in [6.07, 6.45) is 2.47. The highest BCUT2D eigenvalue weighted by Crippen LogP contribution is 2.25. The third-order valence-electron chi connectivity index (χ3n) is 2.51. The third kappa shape index (κ3) is 2.30. The Morgan fingerprint density at radius 3 is 2.67 bits per heavy atom. The van der Waals surface area contributed by atoms with Crippen molar-refractivity contribution in [2.45, 2.75) is 19.3 Å². The van der Waals surface area contributed by atoms with Gasteiger partial charge in [0, 0.05) is 13.1 Å². The molecule has 1 amide bonds. The Morgan fingerprint density at radius 1 is 1.40 bits per heavy atom. The van der Waals surface area contributed by atoms with Crippen LogP contribution in [0.4, 0.5) is 9.80 Å². The first-order valence-electron chi connectivity index (χ1n) is 5.10. The van der Waals surface area contributed by atoms with Gasteiger partial charge in [-0.3, -0.25) is 0 Å². The van der Waals surface area contributed by atoms with Crippen LogP contribution in [0.25, 0.3) is 0 Å². The number of nitrogens with zero attached hydrogens (tertiary/aromatic N) is 2. The zero-order valence-electron chi connectivity index (χ0n) is 8.43. The summed E-state index contributed by atoms with van der Waals surface area (Å²) >= 11 is 1.46. The van der Waals surface area contributed by atoms with Crippen LogP contribution in [-0.4, -0.2) is 29.3 Å². The van der Waals surface area contributed by atoms with E-state index in [2.05, 4.69) is 0 Å². The number of carboxylic acid groups (broad SMARTS) is 1. The summed E-state index contributed by atoms with van der Waals surface area (Å²) < 4.78 is 0. The Bertz CT molecular complexity index is 320. The molecule has 1 saturated heterocycles. The molecule has 1 aliphatic rings. The van der Waals surface area contributed by atoms with Crippen molar-refractivity contribution in [2.75, 3.05) is 18.1 Å². The maximum Gasteiger partial charge on any atom is 0.427 e. The van der Waals surface area contributed by atoms with Gasteiger partial charge in [0.2, 0.25) is 0 Å². The summed E-state index contributed by atoms with van der Waals surface area (Å²) in [5.74, 6) is 0. The average molecular weight is 226 g/mol. The molecule has 0 atom stereocenters. The standard InChI is InChI=1S/C10H14N2O2S/c13-10(14)12(9-5-4-8-15-9)11-6-2-1-3-7-11/h4-5,8H,1-3,6-7H2,(H,13,14). The van der Waals surface area contributed by atoms with Gasteiger partial charge < -0.3 is 5.11 Å². The summed E-state index contributed by atoms with van der Waals surface area (Å²) in [6, 6.07) is 3.72. The molecular formula is C10H14N2O2S. The van der Waals surface area contributed by atoms with Crippen LogP contribution in [0.1, 0.15) is 19.3 Å². The van der Waals surface area contributed by atoms with Gasteiger partial charge in [0.15, 0.2) is 0 Å². The second-order valence-corrected chi connectivity index (χ2v) is 4.49. The molecular weight excluding hydrogens is 212 g/mol. The van der Waals surface area contributed by atoms with E-state index in [0.717, 1.165) is 30.9 Å². The van der Waals surface area contributed by atoms with Gasteiger partial charge in [-0.1, -0.05) is 6.42 Å². The maximum atomic E-state index is 11.2. The van der Waals surface area contributed by atoms with Crippen molar-refractivity contribution in [2.24, 2.45) is 0 Å². The first-order chi connectivity index (χ1) is 7.29. The van der Waals surface area contributed by atoms with Crippen LogP contribution in [-0.2, 0) is 0 Å². The molecule has 2 rings (SSSR count). The molecule has 2 heterocycles.